The van der Waals surface area contributed by atoms with E-state index in [0.29, 0.717) is 17.0 Å². The predicted octanol–water partition coefficient (Wildman–Crippen LogP) is 4.38. The van der Waals surface area contributed by atoms with Gasteiger partial charge in [-0.25, -0.2) is 4.98 Å². The molecule has 0 amide bonds. The highest BCUT2D eigenvalue weighted by Gasteiger charge is 2.24. The summed E-state index contributed by atoms with van der Waals surface area (Å²) in [5.41, 5.74) is 1.92. The van der Waals surface area contributed by atoms with Crippen LogP contribution in [-0.4, -0.2) is 35.6 Å². The predicted molar refractivity (Wildman–Crippen MR) is 103 cm³/mol. The third-order valence-electron chi connectivity index (χ3n) is 4.99. The van der Waals surface area contributed by atoms with Crippen molar-refractivity contribution >= 4 is 24.0 Å². The highest BCUT2D eigenvalue weighted by Crippen LogP contribution is 2.28. The number of halogens is 2. The fraction of sp³-hybridized carbons (Fsp3) is 0.526. The van der Waals surface area contributed by atoms with Gasteiger partial charge in [-0.3, -0.25) is 4.90 Å². The Labute approximate surface area is 160 Å². The second kappa shape index (κ2) is 8.54. The van der Waals surface area contributed by atoms with Crippen LogP contribution in [0.4, 0.5) is 0 Å². The van der Waals surface area contributed by atoms with Crippen LogP contribution in [0.25, 0.3) is 11.5 Å². The average molecular weight is 382 g/mol. The van der Waals surface area contributed by atoms with Crippen molar-refractivity contribution in [2.24, 2.45) is 5.92 Å². The highest BCUT2D eigenvalue weighted by molar-refractivity contribution is 6.30. The van der Waals surface area contributed by atoms with Crippen molar-refractivity contribution in [1.82, 2.24) is 15.2 Å². The Kier molecular flexibility index (Phi) is 6.39. The molecule has 1 N–H and O–H groups in total. The van der Waals surface area contributed by atoms with E-state index < -0.39 is 0 Å². The monoisotopic (exact) mass is 381 g/mol. The zero-order valence-electron chi connectivity index (χ0n) is 14.3. The second-order valence-electron chi connectivity index (χ2n) is 7.06. The van der Waals surface area contributed by atoms with Crippen molar-refractivity contribution < 1.29 is 4.42 Å². The summed E-state index contributed by atoms with van der Waals surface area (Å²) in [6, 6.07) is 8.32. The minimum absolute atomic E-state index is 0. The number of hydrogen-bond donors (Lipinski definition) is 1. The third kappa shape index (κ3) is 5.20. The lowest BCUT2D eigenvalue weighted by Crippen LogP contribution is -2.42. The van der Waals surface area contributed by atoms with Crippen LogP contribution in [0.5, 0.6) is 0 Å². The smallest absolute Gasteiger partial charge is 0.226 e. The third-order valence-corrected chi connectivity index (χ3v) is 5.22. The lowest BCUT2D eigenvalue weighted by atomic mass is 10.0. The van der Waals surface area contributed by atoms with Gasteiger partial charge >= 0.3 is 0 Å². The molecule has 4 rings (SSSR count). The molecule has 1 aliphatic carbocycles. The number of aromatic nitrogens is 1. The first kappa shape index (κ1) is 18.7. The van der Waals surface area contributed by atoms with Crippen molar-refractivity contribution in [3.8, 4) is 11.5 Å². The summed E-state index contributed by atoms with van der Waals surface area (Å²) in [7, 11) is 0. The first-order valence-corrected chi connectivity index (χ1v) is 9.30. The first-order valence-electron chi connectivity index (χ1n) is 8.92. The number of piperidine rings is 1. The largest absolute Gasteiger partial charge is 0.444 e. The fourth-order valence-electron chi connectivity index (χ4n) is 3.31. The van der Waals surface area contributed by atoms with Crippen molar-refractivity contribution in [3.63, 3.8) is 0 Å². The Balaban J connectivity index is 0.00000182. The first-order chi connectivity index (χ1) is 11.8. The maximum atomic E-state index is 6.04. The van der Waals surface area contributed by atoms with Crippen molar-refractivity contribution in [2.75, 3.05) is 19.6 Å². The molecular weight excluding hydrogens is 357 g/mol. The summed E-state index contributed by atoms with van der Waals surface area (Å²) < 4.78 is 5.63. The van der Waals surface area contributed by atoms with Gasteiger partial charge in [-0.2, -0.15) is 0 Å². The van der Waals surface area contributed by atoms with Gasteiger partial charge in [-0.1, -0.05) is 17.7 Å². The number of benzene rings is 1. The second-order valence-corrected chi connectivity index (χ2v) is 7.49. The minimum Gasteiger partial charge on any atom is -0.444 e. The Bertz CT molecular complexity index is 679. The molecule has 136 valence electrons. The molecule has 0 radical (unpaired) electrons. The van der Waals surface area contributed by atoms with Gasteiger partial charge in [0.1, 0.15) is 6.26 Å². The van der Waals surface area contributed by atoms with Crippen LogP contribution in [-0.2, 0) is 6.54 Å². The molecule has 2 aliphatic rings. The Morgan fingerprint density at radius 2 is 2.00 bits per heavy atom. The number of likely N-dealkylation sites (tertiary alicyclic amines) is 1. The molecule has 0 atom stereocenters. The molecule has 25 heavy (non-hydrogen) atoms. The summed E-state index contributed by atoms with van der Waals surface area (Å²) in [5.74, 6) is 1.61. The van der Waals surface area contributed by atoms with E-state index in [1.807, 2.05) is 24.3 Å². The summed E-state index contributed by atoms with van der Waals surface area (Å²) in [5, 5.41) is 4.43. The van der Waals surface area contributed by atoms with E-state index in [1.165, 1.54) is 32.2 Å². The molecule has 1 aromatic heterocycles. The molecule has 1 aliphatic heterocycles. The lowest BCUT2D eigenvalue weighted by Gasteiger charge is -2.31. The van der Waals surface area contributed by atoms with Gasteiger partial charge < -0.3 is 9.73 Å². The van der Waals surface area contributed by atoms with Crippen molar-refractivity contribution in [1.29, 1.82) is 0 Å². The van der Waals surface area contributed by atoms with E-state index in [4.69, 9.17) is 16.0 Å². The maximum Gasteiger partial charge on any atom is 0.226 e. The van der Waals surface area contributed by atoms with E-state index >= 15 is 0 Å². The summed E-state index contributed by atoms with van der Waals surface area (Å²) >= 11 is 6.04. The van der Waals surface area contributed by atoms with Gasteiger partial charge in [0.25, 0.3) is 0 Å². The number of nitrogens with zero attached hydrogens (tertiary/aromatic N) is 2. The molecule has 1 saturated heterocycles. The van der Waals surface area contributed by atoms with E-state index in [2.05, 4.69) is 15.2 Å². The topological polar surface area (TPSA) is 41.3 Å². The summed E-state index contributed by atoms with van der Waals surface area (Å²) in [6.45, 7) is 4.33. The molecule has 0 bridgehead atoms. The zero-order valence-corrected chi connectivity index (χ0v) is 15.9. The van der Waals surface area contributed by atoms with Crippen LogP contribution in [0.2, 0.25) is 5.02 Å². The molecular formula is C19H25Cl2N3O. The molecule has 1 saturated carbocycles. The van der Waals surface area contributed by atoms with E-state index in [9.17, 15) is 0 Å². The van der Waals surface area contributed by atoms with E-state index in [1.54, 1.807) is 6.26 Å². The van der Waals surface area contributed by atoms with Gasteiger partial charge in [-0.05, 0) is 56.3 Å². The lowest BCUT2D eigenvalue weighted by molar-refractivity contribution is 0.188. The standard InChI is InChI=1S/C19H24ClN3O.ClH/c20-16-3-1-2-15(10-16)19-22-18(13-24-19)12-23-8-6-17(7-9-23)21-11-14-4-5-14;/h1-3,10,13-14,17,21H,4-9,11-12H2;1H. The normalized spacial score (nSPS) is 18.9. The number of nitrogens with one attached hydrogen (secondary N) is 1. The molecule has 6 heteroatoms. The minimum atomic E-state index is 0. The van der Waals surface area contributed by atoms with Crippen molar-refractivity contribution in [3.05, 3.63) is 41.2 Å². The van der Waals surface area contributed by atoms with Gasteiger partial charge in [0.2, 0.25) is 5.89 Å². The maximum absolute atomic E-state index is 6.04. The number of oxazole rings is 1. The van der Waals surface area contributed by atoms with Crippen LogP contribution in [0.1, 0.15) is 31.4 Å². The van der Waals surface area contributed by atoms with Gasteiger partial charge in [0.15, 0.2) is 0 Å². The van der Waals surface area contributed by atoms with Crippen LogP contribution < -0.4 is 5.32 Å². The zero-order chi connectivity index (χ0) is 16.4. The van der Waals surface area contributed by atoms with Gasteiger partial charge in [0, 0.05) is 36.3 Å². The number of hydrogen-bond acceptors (Lipinski definition) is 4. The molecule has 2 heterocycles. The van der Waals surface area contributed by atoms with Crippen LogP contribution in [0.15, 0.2) is 34.9 Å². The summed E-state index contributed by atoms with van der Waals surface area (Å²) in [6.07, 6.45) is 7.07. The van der Waals surface area contributed by atoms with Crippen LogP contribution in [0, 0.1) is 5.92 Å². The molecule has 2 fully saturated rings. The molecule has 4 nitrogen and oxygen atoms in total. The molecule has 0 spiro atoms. The SMILES string of the molecule is Cl.Clc1cccc(-c2nc(CN3CCC(NCC4CC4)CC3)co2)c1. The van der Waals surface area contributed by atoms with E-state index in [0.717, 1.165) is 36.8 Å². The Hall–Kier alpha value is -1.07. The quantitative estimate of drug-likeness (QED) is 0.805. The van der Waals surface area contributed by atoms with Gasteiger partial charge in [-0.15, -0.1) is 12.4 Å². The van der Waals surface area contributed by atoms with Crippen LogP contribution in [0.3, 0.4) is 0 Å². The molecule has 0 unspecified atom stereocenters. The fourth-order valence-corrected chi connectivity index (χ4v) is 3.50. The Morgan fingerprint density at radius 1 is 1.20 bits per heavy atom. The van der Waals surface area contributed by atoms with Gasteiger partial charge in [0.05, 0.1) is 5.69 Å². The average Bonchev–Trinajstić information content (AvgIpc) is 3.31. The molecule has 2 aromatic rings. The summed E-state index contributed by atoms with van der Waals surface area (Å²) in [4.78, 5) is 7.09. The molecule has 1 aromatic carbocycles. The highest BCUT2D eigenvalue weighted by atomic mass is 35.5. The van der Waals surface area contributed by atoms with Crippen molar-refractivity contribution in [2.45, 2.75) is 38.3 Å². The number of rotatable bonds is 6. The van der Waals surface area contributed by atoms with Crippen LogP contribution >= 0.6 is 24.0 Å². The Morgan fingerprint density at radius 3 is 2.72 bits per heavy atom. The van der Waals surface area contributed by atoms with E-state index in [-0.39, 0.29) is 12.4 Å².